The number of rotatable bonds is 2. The maximum absolute atomic E-state index is 11.3. The molecule has 78 valence electrons. The van der Waals surface area contributed by atoms with Gasteiger partial charge in [-0.1, -0.05) is 0 Å². The fourth-order valence-corrected chi connectivity index (χ4v) is 1.68. The largest absolute Gasteiger partial charge is 0.376 e. The summed E-state index contributed by atoms with van der Waals surface area (Å²) >= 11 is 0. The van der Waals surface area contributed by atoms with Crippen LogP contribution in [0.5, 0.6) is 0 Å². The molecule has 2 rings (SSSR count). The van der Waals surface area contributed by atoms with E-state index in [0.717, 1.165) is 0 Å². The molecule has 1 amide bonds. The fourth-order valence-electron chi connectivity index (χ4n) is 1.68. The Morgan fingerprint density at radius 2 is 2.21 bits per heavy atom. The van der Waals surface area contributed by atoms with Crippen molar-refractivity contribution in [2.45, 2.75) is 12.5 Å². The second-order valence-electron chi connectivity index (χ2n) is 3.49. The summed E-state index contributed by atoms with van der Waals surface area (Å²) in [6.07, 6.45) is 0.269. The predicted molar refractivity (Wildman–Crippen MR) is 46.8 cm³/mol. The Bertz CT molecular complexity index is 247. The van der Waals surface area contributed by atoms with E-state index in [1.165, 1.54) is 0 Å². The van der Waals surface area contributed by atoms with Crippen molar-refractivity contribution in [2.75, 3.05) is 32.9 Å². The summed E-state index contributed by atoms with van der Waals surface area (Å²) in [5.74, 6) is -0.666. The van der Waals surface area contributed by atoms with Gasteiger partial charge < -0.3 is 14.4 Å². The lowest BCUT2D eigenvalue weighted by molar-refractivity contribution is -0.143. The molecule has 0 aliphatic carbocycles. The number of carbonyl (C=O) groups excluding carboxylic acids is 2. The van der Waals surface area contributed by atoms with Crippen LogP contribution in [-0.2, 0) is 19.1 Å². The molecule has 2 aliphatic rings. The zero-order chi connectivity index (χ0) is 9.97. The minimum absolute atomic E-state index is 0.0707. The number of likely N-dealkylation sites (tertiary alicyclic amines) is 1. The summed E-state index contributed by atoms with van der Waals surface area (Å²) in [6.45, 7) is 2.70. The molecule has 1 unspecified atom stereocenters. The van der Waals surface area contributed by atoms with Gasteiger partial charge in [0.2, 0.25) is 5.78 Å². The van der Waals surface area contributed by atoms with Gasteiger partial charge in [-0.15, -0.1) is 0 Å². The SMILES string of the molecule is O=C1CCN(CC2COCCO2)C1=O. The minimum atomic E-state index is -0.376. The first-order valence-electron chi connectivity index (χ1n) is 4.79. The number of nitrogens with zero attached hydrogens (tertiary/aromatic N) is 1. The highest BCUT2D eigenvalue weighted by atomic mass is 16.6. The van der Waals surface area contributed by atoms with Crippen LogP contribution in [0.3, 0.4) is 0 Å². The first kappa shape index (κ1) is 9.61. The highest BCUT2D eigenvalue weighted by molar-refractivity contribution is 6.37. The molecule has 2 heterocycles. The summed E-state index contributed by atoms with van der Waals surface area (Å²) in [6, 6.07) is 0. The quantitative estimate of drug-likeness (QED) is 0.546. The lowest BCUT2D eigenvalue weighted by atomic mass is 10.3. The number of ether oxygens (including phenoxy) is 2. The summed E-state index contributed by atoms with van der Waals surface area (Å²) < 4.78 is 10.6. The average molecular weight is 199 g/mol. The average Bonchev–Trinajstić information content (AvgIpc) is 2.52. The molecule has 2 aliphatic heterocycles. The monoisotopic (exact) mass is 199 g/mol. The summed E-state index contributed by atoms with van der Waals surface area (Å²) in [5.41, 5.74) is 0. The Labute approximate surface area is 82.0 Å². The molecule has 1 atom stereocenters. The van der Waals surface area contributed by atoms with Gasteiger partial charge in [0.1, 0.15) is 0 Å². The Balaban J connectivity index is 1.85. The third-order valence-corrected chi connectivity index (χ3v) is 2.44. The van der Waals surface area contributed by atoms with Crippen molar-refractivity contribution in [2.24, 2.45) is 0 Å². The summed E-state index contributed by atoms with van der Waals surface area (Å²) in [4.78, 5) is 23.8. The Kier molecular flexibility index (Phi) is 2.79. The first-order valence-corrected chi connectivity index (χ1v) is 4.79. The molecule has 0 radical (unpaired) electrons. The second kappa shape index (κ2) is 4.06. The van der Waals surface area contributed by atoms with Gasteiger partial charge in [-0.05, 0) is 0 Å². The lowest BCUT2D eigenvalue weighted by Crippen LogP contribution is -2.41. The van der Waals surface area contributed by atoms with Crippen LogP contribution in [0, 0.1) is 0 Å². The maximum Gasteiger partial charge on any atom is 0.290 e. The molecule has 5 nitrogen and oxygen atoms in total. The smallest absolute Gasteiger partial charge is 0.290 e. The van der Waals surface area contributed by atoms with Crippen LogP contribution in [0.15, 0.2) is 0 Å². The molecule has 0 saturated carbocycles. The van der Waals surface area contributed by atoms with Gasteiger partial charge in [0, 0.05) is 19.5 Å². The molecule has 0 aromatic carbocycles. The Morgan fingerprint density at radius 3 is 2.79 bits per heavy atom. The number of carbonyl (C=O) groups is 2. The van der Waals surface area contributed by atoms with Crippen molar-refractivity contribution in [1.82, 2.24) is 4.90 Å². The zero-order valence-electron chi connectivity index (χ0n) is 7.90. The van der Waals surface area contributed by atoms with Gasteiger partial charge in [0.05, 0.1) is 25.9 Å². The number of hydrogen-bond acceptors (Lipinski definition) is 4. The van der Waals surface area contributed by atoms with Crippen LogP contribution in [0.2, 0.25) is 0 Å². The molecule has 0 N–H and O–H groups in total. The molecule has 0 bridgehead atoms. The molecular formula is C9H13NO4. The van der Waals surface area contributed by atoms with E-state index in [1.807, 2.05) is 0 Å². The molecule has 2 saturated heterocycles. The third kappa shape index (κ3) is 1.93. The molecular weight excluding hydrogens is 186 g/mol. The van der Waals surface area contributed by atoms with Crippen LogP contribution >= 0.6 is 0 Å². The third-order valence-electron chi connectivity index (χ3n) is 2.44. The van der Waals surface area contributed by atoms with Crippen LogP contribution < -0.4 is 0 Å². The van der Waals surface area contributed by atoms with Crippen LogP contribution in [-0.4, -0.2) is 55.6 Å². The van der Waals surface area contributed by atoms with Crippen molar-refractivity contribution in [3.63, 3.8) is 0 Å². The van der Waals surface area contributed by atoms with Crippen molar-refractivity contribution in [1.29, 1.82) is 0 Å². The van der Waals surface area contributed by atoms with Crippen molar-refractivity contribution in [3.8, 4) is 0 Å². The predicted octanol–water partition coefficient (Wildman–Crippen LogP) is -0.797. The van der Waals surface area contributed by atoms with E-state index in [1.54, 1.807) is 4.90 Å². The van der Waals surface area contributed by atoms with E-state index in [4.69, 9.17) is 9.47 Å². The van der Waals surface area contributed by atoms with Crippen LogP contribution in [0.1, 0.15) is 6.42 Å². The number of Topliss-reactive ketones (excluding diaryl/α,β-unsaturated/α-hetero) is 1. The molecule has 2 fully saturated rings. The fraction of sp³-hybridized carbons (Fsp3) is 0.778. The van der Waals surface area contributed by atoms with Crippen molar-refractivity contribution < 1.29 is 19.1 Å². The Morgan fingerprint density at radius 1 is 1.36 bits per heavy atom. The molecule has 0 aromatic heterocycles. The number of hydrogen-bond donors (Lipinski definition) is 0. The standard InChI is InChI=1S/C9H13NO4/c11-8-1-2-10(9(8)12)5-7-6-13-3-4-14-7/h7H,1-6H2. The summed E-state index contributed by atoms with van der Waals surface area (Å²) in [5, 5.41) is 0. The van der Waals surface area contributed by atoms with Gasteiger partial charge in [0.15, 0.2) is 0 Å². The van der Waals surface area contributed by atoms with Crippen LogP contribution in [0.25, 0.3) is 0 Å². The lowest BCUT2D eigenvalue weighted by Gasteiger charge is -2.26. The summed E-state index contributed by atoms with van der Waals surface area (Å²) in [7, 11) is 0. The highest BCUT2D eigenvalue weighted by Crippen LogP contribution is 2.10. The minimum Gasteiger partial charge on any atom is -0.376 e. The van der Waals surface area contributed by atoms with Gasteiger partial charge >= 0.3 is 0 Å². The van der Waals surface area contributed by atoms with E-state index < -0.39 is 0 Å². The van der Waals surface area contributed by atoms with Gasteiger partial charge in [0.25, 0.3) is 5.91 Å². The molecule has 5 heteroatoms. The maximum atomic E-state index is 11.3. The molecule has 0 spiro atoms. The number of amides is 1. The molecule has 0 aromatic rings. The Hall–Kier alpha value is -0.940. The normalized spacial score (nSPS) is 28.6. The second-order valence-corrected chi connectivity index (χ2v) is 3.49. The van der Waals surface area contributed by atoms with E-state index in [0.29, 0.717) is 39.3 Å². The van der Waals surface area contributed by atoms with Crippen molar-refractivity contribution in [3.05, 3.63) is 0 Å². The van der Waals surface area contributed by atoms with Crippen molar-refractivity contribution >= 4 is 11.7 Å². The zero-order valence-corrected chi connectivity index (χ0v) is 7.90. The van der Waals surface area contributed by atoms with E-state index in [2.05, 4.69) is 0 Å². The van der Waals surface area contributed by atoms with Gasteiger partial charge in [-0.3, -0.25) is 9.59 Å². The highest BCUT2D eigenvalue weighted by Gasteiger charge is 2.31. The number of ketones is 1. The van der Waals surface area contributed by atoms with Gasteiger partial charge in [-0.25, -0.2) is 0 Å². The van der Waals surface area contributed by atoms with Gasteiger partial charge in [-0.2, -0.15) is 0 Å². The topological polar surface area (TPSA) is 55.8 Å². The van der Waals surface area contributed by atoms with E-state index in [9.17, 15) is 9.59 Å². The first-order chi connectivity index (χ1) is 6.77. The van der Waals surface area contributed by atoms with E-state index >= 15 is 0 Å². The molecule has 14 heavy (non-hydrogen) atoms. The van der Waals surface area contributed by atoms with E-state index in [-0.39, 0.29) is 17.8 Å². The van der Waals surface area contributed by atoms with Crippen LogP contribution in [0.4, 0.5) is 0 Å².